The van der Waals surface area contributed by atoms with E-state index >= 15 is 0 Å². The number of nitrogens with zero attached hydrogens (tertiary/aromatic N) is 2. The van der Waals surface area contributed by atoms with Gasteiger partial charge in [0.25, 0.3) is 11.5 Å². The fourth-order valence-electron chi connectivity index (χ4n) is 2.49. The minimum Gasteiger partial charge on any atom is -0.497 e. The van der Waals surface area contributed by atoms with Gasteiger partial charge in [-0.2, -0.15) is 0 Å². The van der Waals surface area contributed by atoms with E-state index in [0.29, 0.717) is 17.0 Å². The summed E-state index contributed by atoms with van der Waals surface area (Å²) in [6, 6.07) is 12.3. The molecule has 0 radical (unpaired) electrons. The molecule has 0 saturated carbocycles. The van der Waals surface area contributed by atoms with Crippen molar-refractivity contribution in [1.29, 1.82) is 0 Å². The number of fused-ring (bicyclic) bond motifs is 1. The number of amides is 1. The molecule has 0 unspecified atom stereocenters. The highest BCUT2D eigenvalue weighted by molar-refractivity contribution is 5.92. The Balaban J connectivity index is 1.90. The lowest BCUT2D eigenvalue weighted by Gasteiger charge is -2.16. The van der Waals surface area contributed by atoms with Gasteiger partial charge in [-0.1, -0.05) is 6.07 Å². The van der Waals surface area contributed by atoms with Crippen molar-refractivity contribution in [3.8, 4) is 5.75 Å². The van der Waals surface area contributed by atoms with Gasteiger partial charge < -0.3 is 14.6 Å². The van der Waals surface area contributed by atoms with Gasteiger partial charge in [0.05, 0.1) is 13.7 Å². The predicted molar refractivity (Wildman–Crippen MR) is 91.2 cm³/mol. The number of pyridine rings is 2. The first-order chi connectivity index (χ1) is 11.6. The van der Waals surface area contributed by atoms with E-state index in [1.54, 1.807) is 56.8 Å². The van der Waals surface area contributed by atoms with E-state index in [0.717, 1.165) is 10.9 Å². The van der Waals surface area contributed by atoms with Gasteiger partial charge in [-0.05, 0) is 36.4 Å². The number of carbonyl (C=O) groups is 1. The summed E-state index contributed by atoms with van der Waals surface area (Å²) in [7, 11) is 3.24. The van der Waals surface area contributed by atoms with Crippen LogP contribution in [-0.4, -0.2) is 34.9 Å². The molecule has 0 aliphatic rings. The molecular formula is C18H17N3O3. The summed E-state index contributed by atoms with van der Waals surface area (Å²) in [5.41, 5.74) is 1.36. The van der Waals surface area contributed by atoms with Crippen molar-refractivity contribution < 1.29 is 9.53 Å². The van der Waals surface area contributed by atoms with Crippen LogP contribution in [0.2, 0.25) is 0 Å². The van der Waals surface area contributed by atoms with E-state index in [9.17, 15) is 9.59 Å². The average molecular weight is 323 g/mol. The van der Waals surface area contributed by atoms with Crippen molar-refractivity contribution in [2.24, 2.45) is 0 Å². The molecule has 3 rings (SSSR count). The van der Waals surface area contributed by atoms with Crippen molar-refractivity contribution in [3.63, 3.8) is 0 Å². The minimum atomic E-state index is -0.235. The number of H-pyrrole nitrogens is 1. The zero-order valence-corrected chi connectivity index (χ0v) is 13.4. The first-order valence-electron chi connectivity index (χ1n) is 7.45. The van der Waals surface area contributed by atoms with Crippen LogP contribution in [0, 0.1) is 0 Å². The molecule has 6 heteroatoms. The molecule has 1 amide bonds. The molecule has 3 aromatic rings. The standard InChI is InChI=1S/C18H17N3O3/c1-21(18(23)16-5-3-4-8-19-16)11-13-9-12-10-14(24-2)6-7-15(12)20-17(13)22/h3-10H,11H2,1-2H3,(H,20,22). The van der Waals surface area contributed by atoms with Crippen molar-refractivity contribution in [3.05, 3.63) is 70.3 Å². The second kappa shape index (κ2) is 6.54. The summed E-state index contributed by atoms with van der Waals surface area (Å²) in [5.74, 6) is 0.471. The third-order valence-corrected chi connectivity index (χ3v) is 3.77. The minimum absolute atomic E-state index is 0.192. The fourth-order valence-corrected chi connectivity index (χ4v) is 2.49. The highest BCUT2D eigenvalue weighted by Gasteiger charge is 2.15. The Morgan fingerprint density at radius 1 is 1.25 bits per heavy atom. The van der Waals surface area contributed by atoms with Crippen LogP contribution in [0.25, 0.3) is 10.9 Å². The number of hydrogen-bond acceptors (Lipinski definition) is 4. The van der Waals surface area contributed by atoms with Crippen molar-refractivity contribution in [2.75, 3.05) is 14.2 Å². The molecule has 0 bridgehead atoms. The predicted octanol–water partition coefficient (Wildman–Crippen LogP) is 2.20. The van der Waals surface area contributed by atoms with E-state index in [4.69, 9.17) is 4.74 Å². The van der Waals surface area contributed by atoms with Gasteiger partial charge in [0.2, 0.25) is 0 Å². The number of ether oxygens (including phenoxy) is 1. The summed E-state index contributed by atoms with van der Waals surface area (Å²) in [6.45, 7) is 0.192. The lowest BCUT2D eigenvalue weighted by atomic mass is 10.1. The number of rotatable bonds is 4. The number of methoxy groups -OCH3 is 1. The number of aromatic nitrogens is 2. The van der Waals surface area contributed by atoms with E-state index in [2.05, 4.69) is 9.97 Å². The van der Waals surface area contributed by atoms with Gasteiger partial charge in [0, 0.05) is 29.7 Å². The van der Waals surface area contributed by atoms with Gasteiger partial charge in [-0.15, -0.1) is 0 Å². The third-order valence-electron chi connectivity index (χ3n) is 3.77. The number of hydrogen-bond donors (Lipinski definition) is 1. The van der Waals surface area contributed by atoms with Crippen molar-refractivity contribution in [2.45, 2.75) is 6.54 Å². The van der Waals surface area contributed by atoms with Crippen LogP contribution in [0.3, 0.4) is 0 Å². The van der Waals surface area contributed by atoms with Crippen LogP contribution < -0.4 is 10.3 Å². The number of nitrogens with one attached hydrogen (secondary N) is 1. The van der Waals surface area contributed by atoms with Crippen LogP contribution in [0.5, 0.6) is 5.75 Å². The molecule has 2 aromatic heterocycles. The number of carbonyl (C=O) groups excluding carboxylic acids is 1. The van der Waals surface area contributed by atoms with Gasteiger partial charge >= 0.3 is 0 Å². The van der Waals surface area contributed by atoms with Gasteiger partial charge in [0.1, 0.15) is 11.4 Å². The monoisotopic (exact) mass is 323 g/mol. The molecule has 0 atom stereocenters. The topological polar surface area (TPSA) is 75.3 Å². The van der Waals surface area contributed by atoms with E-state index < -0.39 is 0 Å². The molecule has 1 aromatic carbocycles. The first-order valence-corrected chi connectivity index (χ1v) is 7.45. The first kappa shape index (κ1) is 15.7. The van der Waals surface area contributed by atoms with E-state index in [-0.39, 0.29) is 18.0 Å². The molecule has 1 N–H and O–H groups in total. The highest BCUT2D eigenvalue weighted by atomic mass is 16.5. The molecule has 0 aliphatic heterocycles. The Labute approximate surface area is 138 Å². The van der Waals surface area contributed by atoms with Crippen LogP contribution in [0.1, 0.15) is 16.1 Å². The van der Waals surface area contributed by atoms with Crippen LogP contribution in [-0.2, 0) is 6.54 Å². The second-order valence-electron chi connectivity index (χ2n) is 5.45. The second-order valence-corrected chi connectivity index (χ2v) is 5.45. The van der Waals surface area contributed by atoms with Crippen LogP contribution in [0.4, 0.5) is 0 Å². The Bertz CT molecular complexity index is 935. The maximum atomic E-state index is 12.4. The zero-order chi connectivity index (χ0) is 17.1. The summed E-state index contributed by atoms with van der Waals surface area (Å²) in [4.78, 5) is 32.9. The third kappa shape index (κ3) is 3.12. The molecule has 2 heterocycles. The fraction of sp³-hybridized carbons (Fsp3) is 0.167. The summed E-state index contributed by atoms with van der Waals surface area (Å²) >= 11 is 0. The smallest absolute Gasteiger partial charge is 0.272 e. The van der Waals surface area contributed by atoms with Gasteiger partial charge in [0.15, 0.2) is 0 Å². The summed E-state index contributed by atoms with van der Waals surface area (Å²) < 4.78 is 5.20. The molecule has 0 saturated heterocycles. The number of aromatic amines is 1. The average Bonchev–Trinajstić information content (AvgIpc) is 2.62. The van der Waals surface area contributed by atoms with Crippen LogP contribution >= 0.6 is 0 Å². The molecule has 122 valence electrons. The quantitative estimate of drug-likeness (QED) is 0.799. The summed E-state index contributed by atoms with van der Waals surface area (Å²) in [5, 5.41) is 0.850. The molecular weight excluding hydrogens is 306 g/mol. The maximum Gasteiger partial charge on any atom is 0.272 e. The van der Waals surface area contributed by atoms with Crippen molar-refractivity contribution in [1.82, 2.24) is 14.9 Å². The largest absolute Gasteiger partial charge is 0.497 e. The number of benzene rings is 1. The van der Waals surface area contributed by atoms with Crippen molar-refractivity contribution >= 4 is 16.8 Å². The van der Waals surface area contributed by atoms with E-state index in [1.165, 1.54) is 4.90 Å². The molecule has 0 spiro atoms. The lowest BCUT2D eigenvalue weighted by molar-refractivity contribution is 0.0779. The zero-order valence-electron chi connectivity index (χ0n) is 13.4. The normalized spacial score (nSPS) is 10.6. The Hall–Kier alpha value is -3.15. The highest BCUT2D eigenvalue weighted by Crippen LogP contribution is 2.19. The molecule has 6 nitrogen and oxygen atoms in total. The molecule has 0 fully saturated rings. The Morgan fingerprint density at radius 3 is 2.79 bits per heavy atom. The maximum absolute atomic E-state index is 12.4. The lowest BCUT2D eigenvalue weighted by Crippen LogP contribution is -2.29. The molecule has 24 heavy (non-hydrogen) atoms. The SMILES string of the molecule is COc1ccc2[nH]c(=O)c(CN(C)C(=O)c3ccccn3)cc2c1. The van der Waals surface area contributed by atoms with Crippen LogP contribution in [0.15, 0.2) is 53.5 Å². The summed E-state index contributed by atoms with van der Waals surface area (Å²) in [6.07, 6.45) is 1.57. The van der Waals surface area contributed by atoms with Gasteiger partial charge in [-0.25, -0.2) is 0 Å². The Morgan fingerprint density at radius 2 is 2.08 bits per heavy atom. The molecule has 0 aliphatic carbocycles. The van der Waals surface area contributed by atoms with Gasteiger partial charge in [-0.3, -0.25) is 14.6 Å². The van der Waals surface area contributed by atoms with E-state index in [1.807, 2.05) is 6.07 Å². The Kier molecular flexibility index (Phi) is 4.29.